The van der Waals surface area contributed by atoms with Crippen LogP contribution in [0, 0.1) is 23.2 Å². The molecule has 2 rings (SSSR count). The van der Waals surface area contributed by atoms with Crippen LogP contribution in [0.15, 0.2) is 0 Å². The second-order valence-electron chi connectivity index (χ2n) is 6.24. The average Bonchev–Trinajstić information content (AvgIpc) is 3.14. The number of hydrogen-bond acceptors (Lipinski definition) is 4. The van der Waals surface area contributed by atoms with Gasteiger partial charge in [0.25, 0.3) is 0 Å². The lowest BCUT2D eigenvalue weighted by molar-refractivity contribution is 0.250. The second kappa shape index (κ2) is 6.97. The number of hydrogen-bond donors (Lipinski definition) is 2. The van der Waals surface area contributed by atoms with Gasteiger partial charge < -0.3 is 5.11 Å². The molecule has 0 radical (unpaired) electrons. The molecule has 0 bridgehead atoms. The smallest absolute Gasteiger partial charge is 0.109 e. The van der Waals surface area contributed by atoms with Gasteiger partial charge in [0.05, 0.1) is 6.07 Å². The van der Waals surface area contributed by atoms with Gasteiger partial charge in [-0.15, -0.1) is 0 Å². The molecule has 2 fully saturated rings. The van der Waals surface area contributed by atoms with Gasteiger partial charge in [-0.1, -0.05) is 13.3 Å². The number of thioether (sulfide) groups is 1. The Balaban J connectivity index is 1.76. The summed E-state index contributed by atoms with van der Waals surface area (Å²) in [6, 6.07) is 3.21. The van der Waals surface area contributed by atoms with Gasteiger partial charge in [0.15, 0.2) is 0 Å². The van der Waals surface area contributed by atoms with Crippen molar-refractivity contribution in [1.82, 2.24) is 5.32 Å². The molecule has 108 valence electrons. The highest BCUT2D eigenvalue weighted by atomic mass is 32.2. The maximum Gasteiger partial charge on any atom is 0.109 e. The normalized spacial score (nSPS) is 32.2. The Kier molecular flexibility index (Phi) is 5.56. The van der Waals surface area contributed by atoms with E-state index in [0.29, 0.717) is 17.9 Å². The van der Waals surface area contributed by atoms with Crippen molar-refractivity contribution >= 4 is 11.8 Å². The Morgan fingerprint density at radius 1 is 1.47 bits per heavy atom. The molecule has 2 saturated carbocycles. The fourth-order valence-corrected chi connectivity index (χ4v) is 4.12. The van der Waals surface area contributed by atoms with E-state index in [1.165, 1.54) is 25.7 Å². The van der Waals surface area contributed by atoms with Crippen molar-refractivity contribution in [3.05, 3.63) is 0 Å². The number of aliphatic hydroxyl groups excluding tert-OH is 1. The minimum absolute atomic E-state index is 0.232. The van der Waals surface area contributed by atoms with E-state index in [4.69, 9.17) is 5.11 Å². The molecule has 2 N–H and O–H groups in total. The highest BCUT2D eigenvalue weighted by Gasteiger charge is 2.45. The molecule has 2 aliphatic rings. The molecule has 0 aromatic heterocycles. The van der Waals surface area contributed by atoms with Crippen LogP contribution in [0.1, 0.15) is 45.4 Å². The Labute approximate surface area is 121 Å². The third kappa shape index (κ3) is 4.11. The number of nitrogens with zero attached hydrogens (tertiary/aromatic N) is 1. The Morgan fingerprint density at radius 2 is 2.26 bits per heavy atom. The molecule has 4 heteroatoms. The number of rotatable bonds is 8. The first-order chi connectivity index (χ1) is 9.20. The van der Waals surface area contributed by atoms with E-state index >= 15 is 0 Å². The van der Waals surface area contributed by atoms with Crippen molar-refractivity contribution in [2.75, 3.05) is 18.1 Å². The fraction of sp³-hybridized carbons (Fsp3) is 0.933. The molecular formula is C15H26N2OS. The first-order valence-corrected chi connectivity index (χ1v) is 8.73. The molecule has 19 heavy (non-hydrogen) atoms. The SMILES string of the molecule is CC(CO)CSCCC1CCCC1(C#N)NC1CC1. The van der Waals surface area contributed by atoms with E-state index in [-0.39, 0.29) is 12.1 Å². The number of aliphatic hydroxyl groups is 1. The highest BCUT2D eigenvalue weighted by molar-refractivity contribution is 7.99. The molecule has 0 aromatic carbocycles. The summed E-state index contributed by atoms with van der Waals surface area (Å²) in [5, 5.41) is 22.2. The molecule has 0 aliphatic heterocycles. The summed E-state index contributed by atoms with van der Waals surface area (Å²) in [6.07, 6.45) is 7.05. The first-order valence-electron chi connectivity index (χ1n) is 7.57. The van der Waals surface area contributed by atoms with Gasteiger partial charge in [-0.3, -0.25) is 5.32 Å². The summed E-state index contributed by atoms with van der Waals surface area (Å²) < 4.78 is 0. The number of nitrogens with one attached hydrogen (secondary N) is 1. The van der Waals surface area contributed by atoms with Gasteiger partial charge in [-0.2, -0.15) is 17.0 Å². The first kappa shape index (κ1) is 15.2. The van der Waals surface area contributed by atoms with Crippen molar-refractivity contribution in [2.45, 2.75) is 57.0 Å². The zero-order chi connectivity index (χ0) is 13.7. The largest absolute Gasteiger partial charge is 0.396 e. The predicted octanol–water partition coefficient (Wildman–Crippen LogP) is 2.55. The zero-order valence-electron chi connectivity index (χ0n) is 11.9. The minimum atomic E-state index is -0.232. The van der Waals surface area contributed by atoms with Gasteiger partial charge in [-0.25, -0.2) is 0 Å². The molecule has 0 heterocycles. The van der Waals surface area contributed by atoms with Gasteiger partial charge in [-0.05, 0) is 55.4 Å². The molecule has 0 amide bonds. The molecule has 2 aliphatic carbocycles. The van der Waals surface area contributed by atoms with Gasteiger partial charge in [0.1, 0.15) is 5.54 Å². The van der Waals surface area contributed by atoms with Crippen molar-refractivity contribution in [3.8, 4) is 6.07 Å². The lowest BCUT2D eigenvalue weighted by atomic mass is 9.86. The van der Waals surface area contributed by atoms with Crippen LogP contribution in [0.5, 0.6) is 0 Å². The fourth-order valence-electron chi connectivity index (χ4n) is 2.99. The average molecular weight is 282 g/mol. The summed E-state index contributed by atoms with van der Waals surface area (Å²) in [6.45, 7) is 2.36. The summed E-state index contributed by atoms with van der Waals surface area (Å²) in [4.78, 5) is 0. The van der Waals surface area contributed by atoms with Crippen molar-refractivity contribution in [2.24, 2.45) is 11.8 Å². The molecule has 0 spiro atoms. The van der Waals surface area contributed by atoms with Crippen LogP contribution in [0.4, 0.5) is 0 Å². The van der Waals surface area contributed by atoms with E-state index in [1.54, 1.807) is 0 Å². The van der Waals surface area contributed by atoms with E-state index in [0.717, 1.165) is 24.3 Å². The molecule has 3 nitrogen and oxygen atoms in total. The van der Waals surface area contributed by atoms with Gasteiger partial charge >= 0.3 is 0 Å². The molecule has 0 saturated heterocycles. The summed E-state index contributed by atoms with van der Waals surface area (Å²) >= 11 is 1.92. The molecule has 3 atom stereocenters. The topological polar surface area (TPSA) is 56.0 Å². The van der Waals surface area contributed by atoms with Gasteiger partial charge in [0, 0.05) is 12.6 Å². The second-order valence-corrected chi connectivity index (χ2v) is 7.39. The van der Waals surface area contributed by atoms with Crippen LogP contribution in [-0.4, -0.2) is 34.8 Å². The van der Waals surface area contributed by atoms with E-state index in [2.05, 4.69) is 18.3 Å². The Hall–Kier alpha value is -0.240. The van der Waals surface area contributed by atoms with Crippen molar-refractivity contribution in [3.63, 3.8) is 0 Å². The predicted molar refractivity (Wildman–Crippen MR) is 80.0 cm³/mol. The van der Waals surface area contributed by atoms with Crippen LogP contribution >= 0.6 is 11.8 Å². The van der Waals surface area contributed by atoms with E-state index in [9.17, 15) is 5.26 Å². The lowest BCUT2D eigenvalue weighted by Crippen LogP contribution is -2.48. The summed E-state index contributed by atoms with van der Waals surface area (Å²) in [5.41, 5.74) is -0.232. The highest BCUT2D eigenvalue weighted by Crippen LogP contribution is 2.40. The van der Waals surface area contributed by atoms with Gasteiger partial charge in [0.2, 0.25) is 0 Å². The maximum atomic E-state index is 9.59. The molecular weight excluding hydrogens is 256 g/mol. The zero-order valence-corrected chi connectivity index (χ0v) is 12.7. The molecule has 3 unspecified atom stereocenters. The van der Waals surface area contributed by atoms with Crippen LogP contribution in [0.3, 0.4) is 0 Å². The monoisotopic (exact) mass is 282 g/mol. The standard InChI is InChI=1S/C15H26N2OS/c1-12(9-18)10-19-8-6-13-3-2-7-15(13,11-16)17-14-4-5-14/h12-14,17-18H,2-10H2,1H3. The number of nitriles is 1. The van der Waals surface area contributed by atoms with Crippen LogP contribution in [-0.2, 0) is 0 Å². The Morgan fingerprint density at radius 3 is 2.89 bits per heavy atom. The van der Waals surface area contributed by atoms with Crippen LogP contribution in [0.25, 0.3) is 0 Å². The summed E-state index contributed by atoms with van der Waals surface area (Å²) in [7, 11) is 0. The minimum Gasteiger partial charge on any atom is -0.396 e. The Bertz CT molecular complexity index is 327. The van der Waals surface area contributed by atoms with Crippen molar-refractivity contribution < 1.29 is 5.11 Å². The lowest BCUT2D eigenvalue weighted by Gasteiger charge is -2.30. The van der Waals surface area contributed by atoms with Crippen LogP contribution in [0.2, 0.25) is 0 Å². The van der Waals surface area contributed by atoms with E-state index in [1.807, 2.05) is 11.8 Å². The quantitative estimate of drug-likeness (QED) is 0.672. The third-order valence-electron chi connectivity index (χ3n) is 4.38. The maximum absolute atomic E-state index is 9.59. The van der Waals surface area contributed by atoms with E-state index < -0.39 is 0 Å². The third-order valence-corrected chi connectivity index (χ3v) is 5.71. The summed E-state index contributed by atoms with van der Waals surface area (Å²) in [5.74, 6) is 3.05. The molecule has 0 aromatic rings. The van der Waals surface area contributed by atoms with Crippen LogP contribution < -0.4 is 5.32 Å². The van der Waals surface area contributed by atoms with Crippen molar-refractivity contribution in [1.29, 1.82) is 5.26 Å².